The third-order valence-corrected chi connectivity index (χ3v) is 7.79. The lowest BCUT2D eigenvalue weighted by Crippen LogP contribution is -2.38. The third kappa shape index (κ3) is 5.89. The summed E-state index contributed by atoms with van der Waals surface area (Å²) in [4.78, 5) is 26.2. The summed E-state index contributed by atoms with van der Waals surface area (Å²) in [5.74, 6) is -0.811. The van der Waals surface area contributed by atoms with E-state index in [-0.39, 0.29) is 15.8 Å². The second-order valence-corrected chi connectivity index (χ2v) is 10.5. The number of hydrogen-bond donors (Lipinski definition) is 1. The van der Waals surface area contributed by atoms with E-state index >= 15 is 0 Å². The van der Waals surface area contributed by atoms with Crippen LogP contribution in [0, 0.1) is 0 Å². The van der Waals surface area contributed by atoms with E-state index in [4.69, 9.17) is 11.6 Å². The molecule has 37 heavy (non-hydrogen) atoms. The normalized spacial score (nSPS) is 14.1. The molecule has 1 N–H and O–H groups in total. The minimum atomic E-state index is -4.76. The van der Waals surface area contributed by atoms with Crippen molar-refractivity contribution in [3.8, 4) is 0 Å². The molecular weight excluding hydrogens is 531 g/mol. The van der Waals surface area contributed by atoms with Gasteiger partial charge in [-0.1, -0.05) is 29.8 Å². The first-order valence-corrected chi connectivity index (χ1v) is 12.9. The van der Waals surface area contributed by atoms with Gasteiger partial charge in [-0.2, -0.15) is 13.2 Å². The Morgan fingerprint density at radius 2 is 1.70 bits per heavy atom. The summed E-state index contributed by atoms with van der Waals surface area (Å²) in [6.45, 7) is -0.251. The van der Waals surface area contributed by atoms with E-state index in [9.17, 15) is 31.2 Å². The average Bonchev–Trinajstić information content (AvgIpc) is 3.29. The molecule has 2 amide bonds. The molecule has 1 saturated heterocycles. The lowest BCUT2D eigenvalue weighted by atomic mass is 10.2. The molecule has 3 aromatic carbocycles. The number of halogens is 4. The average molecular weight is 552 g/mol. The number of carbonyl (C=O) groups excluding carboxylic acids is 2. The van der Waals surface area contributed by atoms with Crippen LogP contribution in [0.5, 0.6) is 0 Å². The standard InChI is InChI=1S/C25H21ClF3N3O4S/c26-21-13-8-17(25(27,28)29)15-22(21)32(37(35,36)20-5-2-1-3-6-20)16-23(33)30-18-9-11-19(12-10-18)31-14-4-7-24(31)34/h1-3,5-6,8-13,15H,4,7,14,16H2,(H,30,33). The predicted molar refractivity (Wildman–Crippen MR) is 134 cm³/mol. The molecule has 0 atom stereocenters. The van der Waals surface area contributed by atoms with Gasteiger partial charge in [-0.15, -0.1) is 0 Å². The molecule has 0 radical (unpaired) electrons. The summed E-state index contributed by atoms with van der Waals surface area (Å²) in [6.07, 6.45) is -3.55. The van der Waals surface area contributed by atoms with Crippen LogP contribution in [0.15, 0.2) is 77.7 Å². The van der Waals surface area contributed by atoms with E-state index in [1.807, 2.05) is 0 Å². The van der Waals surface area contributed by atoms with Crippen LogP contribution < -0.4 is 14.5 Å². The number of nitrogens with one attached hydrogen (secondary N) is 1. The number of sulfonamides is 1. The Balaban J connectivity index is 1.64. The molecule has 12 heteroatoms. The van der Waals surface area contributed by atoms with Gasteiger partial charge < -0.3 is 10.2 Å². The highest BCUT2D eigenvalue weighted by Crippen LogP contribution is 2.37. The molecule has 7 nitrogen and oxygen atoms in total. The number of anilines is 3. The number of rotatable bonds is 7. The van der Waals surface area contributed by atoms with E-state index in [1.54, 1.807) is 35.2 Å². The SMILES string of the molecule is O=C(CN(c1cc(C(F)(F)F)ccc1Cl)S(=O)(=O)c1ccccc1)Nc1ccc(N2CCCC2=O)cc1. The second-order valence-electron chi connectivity index (χ2n) is 8.23. The molecule has 1 aliphatic heterocycles. The monoisotopic (exact) mass is 551 g/mol. The Kier molecular flexibility index (Phi) is 7.47. The van der Waals surface area contributed by atoms with Gasteiger partial charge in [-0.25, -0.2) is 8.42 Å². The van der Waals surface area contributed by atoms with Crippen LogP contribution in [0.4, 0.5) is 30.2 Å². The lowest BCUT2D eigenvalue weighted by Gasteiger charge is -2.26. The van der Waals surface area contributed by atoms with E-state index < -0.39 is 39.9 Å². The molecule has 1 fully saturated rings. The minimum absolute atomic E-state index is 0.00323. The van der Waals surface area contributed by atoms with E-state index in [1.165, 1.54) is 24.3 Å². The molecule has 0 aliphatic carbocycles. The number of hydrogen-bond acceptors (Lipinski definition) is 4. The fourth-order valence-electron chi connectivity index (χ4n) is 3.88. The van der Waals surface area contributed by atoms with Crippen LogP contribution in [0.2, 0.25) is 5.02 Å². The van der Waals surface area contributed by atoms with Crippen LogP contribution in [-0.4, -0.2) is 33.3 Å². The number of benzene rings is 3. The van der Waals surface area contributed by atoms with Gasteiger partial charge >= 0.3 is 6.18 Å². The minimum Gasteiger partial charge on any atom is -0.325 e. The molecule has 0 unspecified atom stereocenters. The molecule has 1 aliphatic rings. The lowest BCUT2D eigenvalue weighted by molar-refractivity contribution is -0.137. The van der Waals surface area contributed by atoms with Crippen LogP contribution in [-0.2, 0) is 25.8 Å². The van der Waals surface area contributed by atoms with Gasteiger partial charge in [0.05, 0.1) is 21.2 Å². The fourth-order valence-corrected chi connectivity index (χ4v) is 5.60. The Morgan fingerprint density at radius 3 is 2.30 bits per heavy atom. The maximum atomic E-state index is 13.4. The van der Waals surface area contributed by atoms with Crippen LogP contribution in [0.1, 0.15) is 18.4 Å². The van der Waals surface area contributed by atoms with Crippen molar-refractivity contribution >= 4 is 50.5 Å². The van der Waals surface area contributed by atoms with Crippen molar-refractivity contribution in [2.45, 2.75) is 23.9 Å². The van der Waals surface area contributed by atoms with Crippen molar-refractivity contribution in [2.75, 3.05) is 27.6 Å². The molecule has 1 heterocycles. The highest BCUT2D eigenvalue weighted by molar-refractivity contribution is 7.92. The smallest absolute Gasteiger partial charge is 0.325 e. The first-order chi connectivity index (χ1) is 17.5. The molecule has 0 spiro atoms. The largest absolute Gasteiger partial charge is 0.416 e. The maximum Gasteiger partial charge on any atom is 0.416 e. The molecule has 3 aromatic rings. The molecule has 0 saturated carbocycles. The van der Waals surface area contributed by atoms with Crippen molar-refractivity contribution in [1.29, 1.82) is 0 Å². The Labute approximate surface area is 216 Å². The van der Waals surface area contributed by atoms with E-state index in [2.05, 4.69) is 5.32 Å². The van der Waals surface area contributed by atoms with Gasteiger partial charge in [0.2, 0.25) is 11.8 Å². The number of nitrogens with zero attached hydrogens (tertiary/aromatic N) is 2. The van der Waals surface area contributed by atoms with Crippen molar-refractivity contribution in [2.24, 2.45) is 0 Å². The van der Waals surface area contributed by atoms with Gasteiger partial charge in [0.1, 0.15) is 6.54 Å². The summed E-state index contributed by atoms with van der Waals surface area (Å²) in [5, 5.41) is 2.27. The molecule has 0 aromatic heterocycles. The van der Waals surface area contributed by atoms with E-state index in [0.717, 1.165) is 18.6 Å². The maximum absolute atomic E-state index is 13.4. The zero-order valence-corrected chi connectivity index (χ0v) is 20.8. The molecular formula is C25H21ClF3N3O4S. The number of alkyl halides is 3. The van der Waals surface area contributed by atoms with Crippen molar-refractivity contribution in [3.63, 3.8) is 0 Å². The molecule has 0 bridgehead atoms. The second kappa shape index (κ2) is 10.4. The Hall–Kier alpha value is -3.57. The Bertz CT molecular complexity index is 1420. The van der Waals surface area contributed by atoms with Gasteiger partial charge in [0.15, 0.2) is 0 Å². The summed E-state index contributed by atoms with van der Waals surface area (Å²) in [7, 11) is -4.47. The van der Waals surface area contributed by atoms with Crippen molar-refractivity contribution in [1.82, 2.24) is 0 Å². The van der Waals surface area contributed by atoms with Crippen molar-refractivity contribution < 1.29 is 31.2 Å². The topological polar surface area (TPSA) is 86.8 Å². The fraction of sp³-hybridized carbons (Fsp3) is 0.200. The van der Waals surface area contributed by atoms with Crippen LogP contribution in [0.25, 0.3) is 0 Å². The van der Waals surface area contributed by atoms with Crippen molar-refractivity contribution in [3.05, 3.63) is 83.4 Å². The van der Waals surface area contributed by atoms with E-state index in [0.29, 0.717) is 34.7 Å². The van der Waals surface area contributed by atoms with Crippen LogP contribution >= 0.6 is 11.6 Å². The third-order valence-electron chi connectivity index (χ3n) is 5.70. The Morgan fingerprint density at radius 1 is 1.03 bits per heavy atom. The van der Waals surface area contributed by atoms with Gasteiger partial charge in [0, 0.05) is 24.3 Å². The zero-order valence-electron chi connectivity index (χ0n) is 19.2. The van der Waals surface area contributed by atoms with Gasteiger partial charge in [-0.3, -0.25) is 13.9 Å². The van der Waals surface area contributed by atoms with Gasteiger partial charge in [-0.05, 0) is 61.0 Å². The highest BCUT2D eigenvalue weighted by atomic mass is 35.5. The summed E-state index contributed by atoms with van der Waals surface area (Å²) < 4.78 is 67.6. The number of amides is 2. The van der Waals surface area contributed by atoms with Crippen LogP contribution in [0.3, 0.4) is 0 Å². The first kappa shape index (κ1) is 26.5. The highest BCUT2D eigenvalue weighted by Gasteiger charge is 2.34. The number of carbonyl (C=O) groups is 2. The summed E-state index contributed by atoms with van der Waals surface area (Å²) >= 11 is 6.13. The molecule has 194 valence electrons. The predicted octanol–water partition coefficient (Wildman–Crippen LogP) is 5.32. The first-order valence-electron chi connectivity index (χ1n) is 11.1. The quantitative estimate of drug-likeness (QED) is 0.430. The summed E-state index contributed by atoms with van der Waals surface area (Å²) in [6, 6.07) is 15.6. The molecule has 4 rings (SSSR count). The summed E-state index contributed by atoms with van der Waals surface area (Å²) in [5.41, 5.74) is -0.636. The van der Waals surface area contributed by atoms with Gasteiger partial charge in [0.25, 0.3) is 10.0 Å². The zero-order chi connectivity index (χ0) is 26.8.